The number of hydrogen-bond donors (Lipinski definition) is 40. The average Bonchev–Trinajstić information content (AvgIpc) is 0.801. The number of urea groups is 5. The number of aliphatic hydroxyl groups excluding tert-OH is 30. The van der Waals surface area contributed by atoms with Crippen LogP contribution in [0.3, 0.4) is 0 Å². The van der Waals surface area contributed by atoms with Gasteiger partial charge in [0.25, 0.3) is 0 Å². The van der Waals surface area contributed by atoms with E-state index in [0.29, 0.717) is 0 Å². The van der Waals surface area contributed by atoms with Crippen LogP contribution >= 0.6 is 0 Å². The summed E-state index contributed by atoms with van der Waals surface area (Å²) in [7, 11) is 0. The minimum atomic E-state index is -2.21. The summed E-state index contributed by atoms with van der Waals surface area (Å²) in [6, 6.07) is -5.91. The monoisotopic (exact) mass is 1830 g/mol. The number of hydrogen-bond acceptors (Lipinski definition) is 50. The van der Waals surface area contributed by atoms with Crippen LogP contribution in [-0.2, 0) is 71.1 Å². The molecule has 0 aromatic carbocycles. The zero-order chi connectivity index (χ0) is 91.5. The Bertz CT molecular complexity index is 2780. The largest absolute Gasteiger partial charge is 0.388 e. The van der Waals surface area contributed by atoms with Gasteiger partial charge in [-0.25, -0.2) is 24.0 Å². The van der Waals surface area contributed by atoms with Crippen molar-refractivity contribution >= 4 is 30.2 Å². The smallest absolute Gasteiger partial charge is 0.314 e. The lowest BCUT2D eigenvalue weighted by Crippen LogP contribution is -2.66. The van der Waals surface area contributed by atoms with Crippen LogP contribution < -0.4 is 53.2 Å². The molecule has 125 heavy (non-hydrogen) atoms. The first kappa shape index (κ1) is 100. The van der Waals surface area contributed by atoms with Crippen molar-refractivity contribution in [1.82, 2.24) is 53.2 Å². The van der Waals surface area contributed by atoms with Gasteiger partial charge in [0.15, 0.2) is 62.9 Å². The Morgan fingerprint density at radius 1 is 0.128 bits per heavy atom. The third-order valence-corrected chi connectivity index (χ3v) is 22.7. The maximum Gasteiger partial charge on any atom is 0.314 e. The molecule has 60 heteroatoms. The Hall–Kier alpha value is -5.45. The zero-order valence-corrected chi connectivity index (χ0v) is 65.0. The molecule has 0 saturated carbocycles. The Morgan fingerprint density at radius 2 is 0.208 bits per heavy atom. The molecule has 50 atom stereocenters. The van der Waals surface area contributed by atoms with Crippen molar-refractivity contribution in [1.29, 1.82) is 0 Å². The van der Waals surface area contributed by atoms with E-state index in [-0.39, 0.29) is 0 Å². The van der Waals surface area contributed by atoms with Crippen molar-refractivity contribution in [2.45, 2.75) is 307 Å². The highest BCUT2D eigenvalue weighted by Gasteiger charge is 2.58. The lowest BCUT2D eigenvalue weighted by Gasteiger charge is -2.45. The SMILES string of the molecule is O=C1NC[C@H]2O[C@H](O[C@H]3O[C@H](CNC(=O)NC[C@H]4O[C@H](O[C@H]5O[C@H](CNC(=O)NC[C@H]6O[C@H](O[C@H]7O[C@H](CNC(=O)NC[C@H]8O[C@H](O[C@H]9O[C@H](CNC(=O)NC[C@H]%10O[C@H](O[C@H]%11O[C@H](CN1)[C@@H](O)[C@H](O)[C@H]%11O)[C@H](O)[C@@H](O)[C@@H]%10O)[C@@H](O)[C@H](O)[C@H]9O)[C@H](O)[C@@H](O)[C@@H]8O)[C@@H](O)[C@H](O)[C@H]7O)[C@H](O)[C@@H](O)[C@@H]6O)[C@@H](O)[C@H](O)[C@H]5O)[C@H](O)[C@@H](O)[C@@H]4O)[C@@H](O)[C@H](O)[C@H]3O)[C@H](O)[C@@H](O)[C@@H]2O. The third-order valence-electron chi connectivity index (χ3n) is 22.7. The highest BCUT2D eigenvalue weighted by atomic mass is 16.8. The van der Waals surface area contributed by atoms with E-state index in [1.165, 1.54) is 0 Å². The molecular weight excluding hydrogens is 1720 g/mol. The van der Waals surface area contributed by atoms with E-state index >= 15 is 0 Å². The Labute approximate surface area is 702 Å². The maximum absolute atomic E-state index is 13.2. The molecule has 11 rings (SSSR count). The molecule has 40 N–H and O–H groups in total. The molecule has 60 nitrogen and oxygen atoms in total. The second-order valence-corrected chi connectivity index (χ2v) is 31.3. The standard InChI is InChI=1S/C65H110N10O50/c76-21-11-1-66-61(106)67-2-12-22(77)32(87)43(98)53(112-12)122-54-44(99)34(89)24(79)14(114-54)4-70-63(108)71-6-16-26(81)36(91)47(102)57(116-16)124-58-48(103)38(93)28(83)18(118-58)8-74-65(110)75-10-20-30(85)40(95)50(105)60(120-20)125-59-49(104)39(94)29(84)19(119-59)9-73-64(109)72-7-17-27(82)37(92)46(101)56(117-17)123-55-45(100)35(90)25(80)15(115-55)5-69-62(107)68-3-13-23(78)33(88)42(97)52(113-13)121-51(111-11)41(96)31(21)86/h11-60,76-105H,1-10H2,(H2,66,67,106)(H2,68,69,107)(H2,70,71,108)(H2,72,73,109)(H2,74,75,110)/t11-,12-,13-,14-,15-,16-,17-,18-,19-,20-,21-,22-,23-,24-,25-,26-,27-,28-,29-,30-,31+,32+,33+,34+,35+,36+,37+,38+,39+,40+,41-,42-,43-,44-,45-,46-,47-,48-,49-,50-,51-,52-,53-,54-,55-,56-,57-,58-,59-,60-/m1/s1. The fraction of sp³-hybridized carbons (Fsp3) is 0.923. The van der Waals surface area contributed by atoms with Gasteiger partial charge in [-0.1, -0.05) is 0 Å². The van der Waals surface area contributed by atoms with Gasteiger partial charge in [0.1, 0.15) is 244 Å². The van der Waals surface area contributed by atoms with E-state index in [0.717, 1.165) is 0 Å². The third kappa shape index (κ3) is 23.0. The van der Waals surface area contributed by atoms with Crippen molar-refractivity contribution < 1.29 is 248 Å². The summed E-state index contributed by atoms with van der Waals surface area (Å²) in [6.45, 7) is -7.86. The molecule has 10 amide bonds. The van der Waals surface area contributed by atoms with E-state index in [2.05, 4.69) is 53.2 Å². The summed E-state index contributed by atoms with van der Waals surface area (Å²) in [6.07, 6.45) is -103. The number of fused-ring (bicyclic) bond motifs is 20. The molecule has 11 fully saturated rings. The summed E-state index contributed by atoms with van der Waals surface area (Å²) in [5.41, 5.74) is 0. The number of rotatable bonds is 0. The molecular formula is C65H110N10O50. The highest BCUT2D eigenvalue weighted by molar-refractivity contribution is 5.75. The van der Waals surface area contributed by atoms with E-state index in [1.807, 2.05) is 0 Å². The molecule has 11 aliphatic heterocycles. The molecule has 11 saturated heterocycles. The van der Waals surface area contributed by atoms with Gasteiger partial charge in [-0.2, -0.15) is 0 Å². The molecule has 0 spiro atoms. The van der Waals surface area contributed by atoms with Gasteiger partial charge in [-0.15, -0.1) is 0 Å². The van der Waals surface area contributed by atoms with Crippen molar-refractivity contribution in [2.24, 2.45) is 0 Å². The molecule has 11 aliphatic rings. The second-order valence-electron chi connectivity index (χ2n) is 31.3. The molecule has 0 unspecified atom stereocenters. The minimum absolute atomic E-state index is 0.786. The number of amides is 10. The summed E-state index contributed by atoms with van der Waals surface area (Å²) < 4.78 is 83.8. The fourth-order valence-electron chi connectivity index (χ4n) is 14.9. The Kier molecular flexibility index (Phi) is 34.7. The van der Waals surface area contributed by atoms with Gasteiger partial charge in [-0.3, -0.25) is 0 Å². The van der Waals surface area contributed by atoms with Crippen LogP contribution in [0.15, 0.2) is 0 Å². The Balaban J connectivity index is 0.749. The summed E-state index contributed by atoms with van der Waals surface area (Å²) >= 11 is 0. The lowest BCUT2D eigenvalue weighted by atomic mass is 9.97. The van der Waals surface area contributed by atoms with Gasteiger partial charge in [0.05, 0.1) is 0 Å². The molecule has 0 radical (unpaired) electrons. The normalized spacial score (nSPS) is 51.5. The van der Waals surface area contributed by atoms with Crippen molar-refractivity contribution in [3.05, 3.63) is 0 Å². The first-order chi connectivity index (χ1) is 59.0. The number of carbonyl (C=O) groups excluding carboxylic acids is 5. The van der Waals surface area contributed by atoms with Crippen molar-refractivity contribution in [2.75, 3.05) is 65.4 Å². The number of carbonyl (C=O) groups is 5. The average molecular weight is 1830 g/mol. The summed E-state index contributed by atoms with van der Waals surface area (Å²) in [5, 5.41) is 349. The van der Waals surface area contributed by atoms with Crippen LogP contribution in [0, 0.1) is 0 Å². The fourth-order valence-corrected chi connectivity index (χ4v) is 14.9. The van der Waals surface area contributed by atoms with Crippen LogP contribution in [0.5, 0.6) is 0 Å². The van der Waals surface area contributed by atoms with Crippen LogP contribution in [0.4, 0.5) is 24.0 Å². The first-order valence-corrected chi connectivity index (χ1v) is 39.3. The van der Waals surface area contributed by atoms with Crippen LogP contribution in [0.25, 0.3) is 0 Å². The van der Waals surface area contributed by atoms with Gasteiger partial charge in [0.2, 0.25) is 0 Å². The van der Waals surface area contributed by atoms with Gasteiger partial charge < -0.3 is 277 Å². The van der Waals surface area contributed by atoms with Gasteiger partial charge in [-0.05, 0) is 0 Å². The molecule has 720 valence electrons. The van der Waals surface area contributed by atoms with Gasteiger partial charge >= 0.3 is 30.2 Å². The van der Waals surface area contributed by atoms with E-state index in [4.69, 9.17) is 71.1 Å². The van der Waals surface area contributed by atoms with Crippen molar-refractivity contribution in [3.63, 3.8) is 0 Å². The topological polar surface area (TPSA) is 951 Å². The summed E-state index contributed by atoms with van der Waals surface area (Å²) in [4.78, 5) is 66.2. The Morgan fingerprint density at radius 3 is 0.288 bits per heavy atom. The summed E-state index contributed by atoms with van der Waals surface area (Å²) in [5.74, 6) is 0. The molecule has 0 aliphatic carbocycles. The van der Waals surface area contributed by atoms with Crippen LogP contribution in [0.1, 0.15) is 0 Å². The number of ether oxygens (including phenoxy) is 15. The van der Waals surface area contributed by atoms with Crippen molar-refractivity contribution in [3.8, 4) is 0 Å². The van der Waals surface area contributed by atoms with Crippen LogP contribution in [0.2, 0.25) is 0 Å². The second kappa shape index (κ2) is 43.3. The first-order valence-electron chi connectivity index (χ1n) is 39.3. The molecule has 20 bridgehead atoms. The van der Waals surface area contributed by atoms with E-state index in [9.17, 15) is 177 Å². The lowest BCUT2D eigenvalue weighted by molar-refractivity contribution is -0.372. The molecule has 11 heterocycles. The van der Waals surface area contributed by atoms with E-state index in [1.54, 1.807) is 0 Å². The minimum Gasteiger partial charge on any atom is -0.388 e. The predicted molar refractivity (Wildman–Crippen MR) is 379 cm³/mol. The molecule has 0 aromatic heterocycles. The quantitative estimate of drug-likeness (QED) is 0.107. The van der Waals surface area contributed by atoms with E-state index < -0.39 is 403 Å². The maximum atomic E-state index is 13.2. The van der Waals surface area contributed by atoms with Crippen LogP contribution in [-0.4, -0.2) is 556 Å². The van der Waals surface area contributed by atoms with Gasteiger partial charge in [0, 0.05) is 65.4 Å². The zero-order valence-electron chi connectivity index (χ0n) is 65.0. The number of aliphatic hydroxyl groups is 30. The molecule has 0 aromatic rings. The predicted octanol–water partition coefficient (Wildman–Crippen LogP) is -25.3. The number of nitrogens with one attached hydrogen (secondary N) is 10. The highest BCUT2D eigenvalue weighted by Crippen LogP contribution is 2.36.